The fraction of sp³-hybridized carbons (Fsp3) is 0.240. The van der Waals surface area contributed by atoms with Crippen LogP contribution in [0.25, 0.3) is 10.7 Å². The van der Waals surface area contributed by atoms with Gasteiger partial charge in [0, 0.05) is 12.2 Å². The van der Waals surface area contributed by atoms with E-state index in [9.17, 15) is 4.79 Å². The van der Waals surface area contributed by atoms with Crippen LogP contribution in [0.4, 0.5) is 5.69 Å². The highest BCUT2D eigenvalue weighted by atomic mass is 32.2. The minimum absolute atomic E-state index is 0.120. The molecule has 1 amide bonds. The molecule has 0 saturated heterocycles. The topological polar surface area (TPSA) is 51.0 Å². The quantitative estimate of drug-likeness (QED) is 0.356. The summed E-state index contributed by atoms with van der Waals surface area (Å²) >= 11 is 3.13. The predicted molar refractivity (Wildman–Crippen MR) is 131 cm³/mol. The Kier molecular flexibility index (Phi) is 6.10. The van der Waals surface area contributed by atoms with E-state index in [1.165, 1.54) is 22.9 Å². The van der Waals surface area contributed by atoms with Crippen molar-refractivity contribution in [3.05, 3.63) is 83.2 Å². The number of thiophene rings is 1. The maximum Gasteiger partial charge on any atom is 0.240 e. The van der Waals surface area contributed by atoms with Gasteiger partial charge in [0.2, 0.25) is 5.91 Å². The number of aryl methyl sites for hydroxylation is 1. The molecule has 5 nitrogen and oxygen atoms in total. The minimum atomic E-state index is -0.268. The molecule has 1 aliphatic rings. The molecule has 7 heteroatoms. The van der Waals surface area contributed by atoms with Crippen molar-refractivity contribution in [1.29, 1.82) is 0 Å². The van der Waals surface area contributed by atoms with Crippen molar-refractivity contribution in [2.45, 2.75) is 36.7 Å². The summed E-state index contributed by atoms with van der Waals surface area (Å²) in [4.78, 5) is 16.4. The Balaban J connectivity index is 1.42. The van der Waals surface area contributed by atoms with E-state index in [2.05, 4.69) is 45.1 Å². The van der Waals surface area contributed by atoms with E-state index in [4.69, 9.17) is 0 Å². The summed E-state index contributed by atoms with van der Waals surface area (Å²) in [6, 6.07) is 22.6. The summed E-state index contributed by atoms with van der Waals surface area (Å²) in [5.41, 5.74) is 3.47. The van der Waals surface area contributed by atoms with Gasteiger partial charge in [-0.3, -0.25) is 9.36 Å². The molecule has 0 bridgehead atoms. The number of benzene rings is 2. The number of carbonyl (C=O) groups excluding carboxylic acids is 1. The standard InChI is InChI=1S/C25H24N4OS2/c1-18(24(30)28-15-7-12-20-11-5-6-13-21(20)28)32-25-27-26-23(22-14-8-16-31-22)29(25)17-19-9-3-2-4-10-19/h2-6,8-11,13-14,16,18H,7,12,15,17H2,1H3. The van der Waals surface area contributed by atoms with Crippen LogP contribution in [0.1, 0.15) is 24.5 Å². The van der Waals surface area contributed by atoms with Crippen LogP contribution >= 0.6 is 23.1 Å². The lowest BCUT2D eigenvalue weighted by atomic mass is 10.0. The van der Waals surface area contributed by atoms with Crippen LogP contribution in [0, 0.1) is 0 Å². The molecule has 4 aromatic rings. The third kappa shape index (κ3) is 4.23. The molecule has 1 atom stereocenters. The van der Waals surface area contributed by atoms with Crippen LogP contribution in [0.3, 0.4) is 0 Å². The van der Waals surface area contributed by atoms with Gasteiger partial charge in [0.05, 0.1) is 16.7 Å². The van der Waals surface area contributed by atoms with E-state index in [0.29, 0.717) is 6.54 Å². The molecular weight excluding hydrogens is 436 g/mol. The molecule has 0 N–H and O–H groups in total. The maximum atomic E-state index is 13.4. The van der Waals surface area contributed by atoms with Gasteiger partial charge in [-0.1, -0.05) is 66.4 Å². The molecule has 3 heterocycles. The number of para-hydroxylation sites is 1. The highest BCUT2D eigenvalue weighted by Gasteiger charge is 2.28. The lowest BCUT2D eigenvalue weighted by Gasteiger charge is -2.31. The monoisotopic (exact) mass is 460 g/mol. The Labute approximate surface area is 196 Å². The van der Waals surface area contributed by atoms with Crippen molar-refractivity contribution in [3.63, 3.8) is 0 Å². The Morgan fingerprint density at radius 2 is 1.88 bits per heavy atom. The van der Waals surface area contributed by atoms with Gasteiger partial charge < -0.3 is 4.90 Å². The zero-order chi connectivity index (χ0) is 21.9. The molecule has 1 aliphatic heterocycles. The van der Waals surface area contributed by atoms with Crippen molar-refractivity contribution in [2.75, 3.05) is 11.4 Å². The van der Waals surface area contributed by atoms with Crippen molar-refractivity contribution >= 4 is 34.7 Å². The number of rotatable bonds is 6. The Morgan fingerprint density at radius 3 is 2.69 bits per heavy atom. The van der Waals surface area contributed by atoms with Gasteiger partial charge in [-0.05, 0) is 48.4 Å². The van der Waals surface area contributed by atoms with Crippen LogP contribution in [-0.2, 0) is 17.8 Å². The number of fused-ring (bicyclic) bond motifs is 1. The molecule has 0 fully saturated rings. The maximum absolute atomic E-state index is 13.4. The van der Waals surface area contributed by atoms with E-state index in [1.807, 2.05) is 53.6 Å². The van der Waals surface area contributed by atoms with Gasteiger partial charge in [0.25, 0.3) is 0 Å². The summed E-state index contributed by atoms with van der Waals surface area (Å²) in [5, 5.41) is 11.5. The fourth-order valence-electron chi connectivity index (χ4n) is 4.06. The van der Waals surface area contributed by atoms with Crippen LogP contribution in [0.5, 0.6) is 0 Å². The van der Waals surface area contributed by atoms with Crippen molar-refractivity contribution in [3.8, 4) is 10.7 Å². The highest BCUT2D eigenvalue weighted by molar-refractivity contribution is 8.00. The Hall–Kier alpha value is -2.90. The van der Waals surface area contributed by atoms with Crippen LogP contribution in [0.2, 0.25) is 0 Å². The van der Waals surface area contributed by atoms with Crippen LogP contribution < -0.4 is 4.90 Å². The van der Waals surface area contributed by atoms with Crippen LogP contribution in [0.15, 0.2) is 77.3 Å². The highest BCUT2D eigenvalue weighted by Crippen LogP contribution is 2.33. The number of amides is 1. The summed E-state index contributed by atoms with van der Waals surface area (Å²) < 4.78 is 2.12. The van der Waals surface area contributed by atoms with Gasteiger partial charge >= 0.3 is 0 Å². The van der Waals surface area contributed by atoms with Crippen molar-refractivity contribution in [1.82, 2.24) is 14.8 Å². The molecule has 5 rings (SSSR count). The second-order valence-electron chi connectivity index (χ2n) is 7.84. The molecular formula is C25H24N4OS2. The molecule has 1 unspecified atom stereocenters. The predicted octanol–water partition coefficient (Wildman–Crippen LogP) is 5.51. The SMILES string of the molecule is CC(Sc1nnc(-c2cccs2)n1Cc1ccccc1)C(=O)N1CCCc2ccccc21. The van der Waals surface area contributed by atoms with Gasteiger partial charge in [0.15, 0.2) is 11.0 Å². The van der Waals surface area contributed by atoms with Gasteiger partial charge in [-0.25, -0.2) is 0 Å². The summed E-state index contributed by atoms with van der Waals surface area (Å²) in [7, 11) is 0. The summed E-state index contributed by atoms with van der Waals surface area (Å²) in [5.74, 6) is 0.961. The molecule has 0 spiro atoms. The first-order valence-electron chi connectivity index (χ1n) is 10.8. The van der Waals surface area contributed by atoms with Crippen LogP contribution in [-0.4, -0.2) is 32.5 Å². The lowest BCUT2D eigenvalue weighted by Crippen LogP contribution is -2.40. The number of hydrogen-bond acceptors (Lipinski definition) is 5. The molecule has 0 radical (unpaired) electrons. The largest absolute Gasteiger partial charge is 0.311 e. The number of aromatic nitrogens is 3. The Morgan fingerprint density at radius 1 is 1.06 bits per heavy atom. The van der Waals surface area contributed by atoms with Gasteiger partial charge in [-0.15, -0.1) is 21.5 Å². The summed E-state index contributed by atoms with van der Waals surface area (Å²) in [6.07, 6.45) is 2.02. The van der Waals surface area contributed by atoms with Gasteiger partial charge in [-0.2, -0.15) is 0 Å². The number of anilines is 1. The number of carbonyl (C=O) groups is 1. The van der Waals surface area contributed by atoms with E-state index in [-0.39, 0.29) is 11.2 Å². The van der Waals surface area contributed by atoms with E-state index >= 15 is 0 Å². The van der Waals surface area contributed by atoms with E-state index in [1.54, 1.807) is 11.3 Å². The smallest absolute Gasteiger partial charge is 0.240 e. The fourth-order valence-corrected chi connectivity index (χ4v) is 5.69. The minimum Gasteiger partial charge on any atom is -0.311 e. The van der Waals surface area contributed by atoms with Crippen molar-refractivity contribution in [2.24, 2.45) is 0 Å². The molecule has 2 aromatic heterocycles. The molecule has 0 saturated carbocycles. The number of hydrogen-bond donors (Lipinski definition) is 0. The lowest BCUT2D eigenvalue weighted by molar-refractivity contribution is -0.117. The third-order valence-corrected chi connectivity index (χ3v) is 7.58. The normalized spacial score (nSPS) is 14.2. The number of thioether (sulfide) groups is 1. The second-order valence-corrected chi connectivity index (χ2v) is 10.1. The average Bonchev–Trinajstić information content (AvgIpc) is 3.49. The first kappa shape index (κ1) is 21.0. The first-order valence-corrected chi connectivity index (χ1v) is 12.5. The zero-order valence-corrected chi connectivity index (χ0v) is 19.5. The summed E-state index contributed by atoms with van der Waals surface area (Å²) in [6.45, 7) is 3.39. The van der Waals surface area contributed by atoms with E-state index < -0.39 is 0 Å². The number of nitrogens with zero attached hydrogens (tertiary/aromatic N) is 4. The third-order valence-electron chi connectivity index (χ3n) is 5.65. The molecule has 162 valence electrons. The van der Waals surface area contributed by atoms with Gasteiger partial charge in [0.1, 0.15) is 0 Å². The molecule has 32 heavy (non-hydrogen) atoms. The second kappa shape index (κ2) is 9.30. The molecule has 2 aromatic carbocycles. The molecule has 0 aliphatic carbocycles. The average molecular weight is 461 g/mol. The first-order chi connectivity index (χ1) is 15.7. The zero-order valence-electron chi connectivity index (χ0n) is 17.8. The Bertz CT molecular complexity index is 1200. The van der Waals surface area contributed by atoms with Crippen molar-refractivity contribution < 1.29 is 4.79 Å². The van der Waals surface area contributed by atoms with E-state index in [0.717, 1.165) is 40.9 Å².